The van der Waals surface area contributed by atoms with Crippen molar-refractivity contribution in [2.24, 2.45) is 0 Å². The zero-order chi connectivity index (χ0) is 35.4. The van der Waals surface area contributed by atoms with Crippen LogP contribution in [0.4, 0.5) is 13.2 Å². The number of alkyl halides is 3. The minimum absolute atomic E-state index is 0.0106. The molecule has 0 unspecified atom stereocenters. The van der Waals surface area contributed by atoms with Gasteiger partial charge in [0.05, 0.1) is 47.1 Å². The third-order valence-electron chi connectivity index (χ3n) is 8.98. The van der Waals surface area contributed by atoms with Crippen molar-refractivity contribution in [3.63, 3.8) is 0 Å². The number of esters is 1. The van der Waals surface area contributed by atoms with E-state index in [0.717, 1.165) is 0 Å². The molecule has 0 aromatic heterocycles. The molecule has 258 valence electrons. The molecule has 2 aliphatic carbocycles. The van der Waals surface area contributed by atoms with Crippen LogP contribution in [0.3, 0.4) is 0 Å². The number of hydrogen-bond donors (Lipinski definition) is 5. The van der Waals surface area contributed by atoms with Crippen LogP contribution >= 0.6 is 0 Å². The minimum Gasteiger partial charge on any atom is -0.507 e. The number of carbonyl (C=O) groups is 4. The van der Waals surface area contributed by atoms with Gasteiger partial charge in [-0.15, -0.1) is 0 Å². The van der Waals surface area contributed by atoms with Crippen LogP contribution in [0.25, 0.3) is 0 Å². The summed E-state index contributed by atoms with van der Waals surface area (Å²) < 4.78 is 57.2. The molecule has 1 heterocycles. The summed E-state index contributed by atoms with van der Waals surface area (Å²) in [4.78, 5) is 51.9. The van der Waals surface area contributed by atoms with E-state index in [0.29, 0.717) is 0 Å². The zero-order valence-corrected chi connectivity index (χ0v) is 25.7. The Labute approximate surface area is 276 Å². The standard InChI is InChI=1S/C34H30F3NO11/c1-15-26(38-32(45)34(35,36)37)20(49-31(44)16-7-3-2-4-8-16)11-22(47-15)48-21-13-33(46,14-39)12-19-23(21)30(43)25-24(29(19)42)27(40)17-9-5-6-10-18(17)28(25)41/h2-10,15,20-22,26,39,42-43,46H,11-14H2,1H3,(H,38,45)/t15-,20-,21-,22-,26+,33-/m0/s1. The first-order chi connectivity index (χ1) is 23.1. The largest absolute Gasteiger partial charge is 0.507 e. The molecule has 1 amide bonds. The van der Waals surface area contributed by atoms with Crippen molar-refractivity contribution in [3.05, 3.63) is 93.5 Å². The molecule has 0 saturated carbocycles. The van der Waals surface area contributed by atoms with E-state index in [-0.39, 0.29) is 27.8 Å². The summed E-state index contributed by atoms with van der Waals surface area (Å²) in [5.74, 6) is -6.16. The minimum atomic E-state index is -5.26. The molecule has 0 radical (unpaired) electrons. The Kier molecular flexibility index (Phi) is 8.73. The molecule has 3 aromatic rings. The highest BCUT2D eigenvalue weighted by Crippen LogP contribution is 2.51. The number of benzene rings is 3. The van der Waals surface area contributed by atoms with Crippen LogP contribution in [0, 0.1) is 0 Å². The zero-order valence-electron chi connectivity index (χ0n) is 25.7. The van der Waals surface area contributed by atoms with Crippen LogP contribution in [-0.4, -0.2) is 86.8 Å². The van der Waals surface area contributed by atoms with Crippen LogP contribution in [0.5, 0.6) is 11.5 Å². The smallest absolute Gasteiger partial charge is 0.471 e. The number of phenols is 2. The first kappa shape index (κ1) is 34.0. The van der Waals surface area contributed by atoms with Gasteiger partial charge in [-0.2, -0.15) is 13.2 Å². The fraction of sp³-hybridized carbons (Fsp3) is 0.353. The Morgan fingerprint density at radius 2 is 1.57 bits per heavy atom. The SMILES string of the molecule is C[C@@H]1O[C@@H](O[C@H]2C[C@](O)(CO)Cc3c(O)c4c(c(O)c32)C(=O)c2ccccc2C4=O)C[C@H](OC(=O)c2ccccc2)[C@@H]1NC(=O)C(F)(F)F. The van der Waals surface area contributed by atoms with Crippen LogP contribution in [0.15, 0.2) is 54.6 Å². The van der Waals surface area contributed by atoms with Crippen LogP contribution in [0.1, 0.15) is 79.2 Å². The molecule has 15 heteroatoms. The van der Waals surface area contributed by atoms with E-state index in [4.69, 9.17) is 14.2 Å². The lowest BCUT2D eigenvalue weighted by Crippen LogP contribution is -2.59. The fourth-order valence-electron chi connectivity index (χ4n) is 6.63. The Balaban J connectivity index is 1.37. The van der Waals surface area contributed by atoms with E-state index in [2.05, 4.69) is 0 Å². The second-order valence-corrected chi connectivity index (χ2v) is 12.2. The average molecular weight is 686 g/mol. The molecule has 3 aromatic carbocycles. The van der Waals surface area contributed by atoms with Gasteiger partial charge in [0, 0.05) is 41.5 Å². The van der Waals surface area contributed by atoms with Crippen molar-refractivity contribution in [1.29, 1.82) is 0 Å². The van der Waals surface area contributed by atoms with Crippen LogP contribution < -0.4 is 5.32 Å². The molecule has 1 saturated heterocycles. The highest BCUT2D eigenvalue weighted by atomic mass is 19.4. The number of amides is 1. The van der Waals surface area contributed by atoms with E-state index in [1.165, 1.54) is 43.3 Å². The summed E-state index contributed by atoms with van der Waals surface area (Å²) in [7, 11) is 0. The summed E-state index contributed by atoms with van der Waals surface area (Å²) in [5, 5.41) is 46.1. The number of aliphatic hydroxyl groups is 2. The summed E-state index contributed by atoms with van der Waals surface area (Å²) in [6, 6.07) is 11.9. The van der Waals surface area contributed by atoms with Crippen LogP contribution in [0.2, 0.25) is 0 Å². The van der Waals surface area contributed by atoms with E-state index in [9.17, 15) is 52.8 Å². The molecule has 1 fully saturated rings. The topological polar surface area (TPSA) is 189 Å². The summed E-state index contributed by atoms with van der Waals surface area (Å²) >= 11 is 0. The maximum Gasteiger partial charge on any atom is 0.471 e. The van der Waals surface area contributed by atoms with Gasteiger partial charge in [0.25, 0.3) is 0 Å². The third kappa shape index (κ3) is 6.14. The Hall–Kier alpha value is -4.83. The van der Waals surface area contributed by atoms with Crippen molar-refractivity contribution >= 4 is 23.4 Å². The highest BCUT2D eigenvalue weighted by molar-refractivity contribution is 6.30. The Morgan fingerprint density at radius 3 is 2.16 bits per heavy atom. The number of aromatic hydroxyl groups is 2. The normalized spacial score (nSPS) is 26.3. The number of aliphatic hydroxyl groups excluding tert-OH is 1. The number of fused-ring (bicyclic) bond motifs is 3. The van der Waals surface area contributed by atoms with Gasteiger partial charge in [0.2, 0.25) is 0 Å². The number of carbonyl (C=O) groups excluding carboxylic acids is 4. The number of rotatable bonds is 6. The second-order valence-electron chi connectivity index (χ2n) is 12.2. The third-order valence-corrected chi connectivity index (χ3v) is 8.98. The Morgan fingerprint density at radius 1 is 0.980 bits per heavy atom. The van der Waals surface area contributed by atoms with E-state index in [1.54, 1.807) is 18.2 Å². The van der Waals surface area contributed by atoms with E-state index in [1.807, 2.05) is 5.32 Å². The van der Waals surface area contributed by atoms with Gasteiger partial charge >= 0.3 is 18.1 Å². The summed E-state index contributed by atoms with van der Waals surface area (Å²) in [6.45, 7) is 0.449. The maximum absolute atomic E-state index is 13.6. The van der Waals surface area contributed by atoms with Gasteiger partial charge in [-0.3, -0.25) is 14.4 Å². The molecule has 12 nitrogen and oxygen atoms in total. The molecular formula is C34H30F3NO11. The quantitative estimate of drug-likeness (QED) is 0.148. The molecule has 0 spiro atoms. The predicted octanol–water partition coefficient (Wildman–Crippen LogP) is 3.01. The molecule has 5 N–H and O–H groups in total. The highest BCUT2D eigenvalue weighted by Gasteiger charge is 2.49. The number of ether oxygens (including phenoxy) is 3. The first-order valence-corrected chi connectivity index (χ1v) is 15.2. The van der Waals surface area contributed by atoms with Gasteiger partial charge in [-0.1, -0.05) is 42.5 Å². The Bertz CT molecular complexity index is 1850. The van der Waals surface area contributed by atoms with Crippen molar-refractivity contribution in [2.75, 3.05) is 6.61 Å². The van der Waals surface area contributed by atoms with Gasteiger partial charge < -0.3 is 40.0 Å². The fourth-order valence-corrected chi connectivity index (χ4v) is 6.63. The predicted molar refractivity (Wildman–Crippen MR) is 160 cm³/mol. The molecule has 49 heavy (non-hydrogen) atoms. The van der Waals surface area contributed by atoms with Crippen LogP contribution in [-0.2, 0) is 25.4 Å². The molecule has 3 aliphatic rings. The van der Waals surface area contributed by atoms with E-state index >= 15 is 0 Å². The van der Waals surface area contributed by atoms with Crippen molar-refractivity contribution in [3.8, 4) is 11.5 Å². The van der Waals surface area contributed by atoms with Gasteiger partial charge in [0.1, 0.15) is 17.6 Å². The second kappa shape index (κ2) is 12.6. The monoisotopic (exact) mass is 685 g/mol. The summed E-state index contributed by atoms with van der Waals surface area (Å²) in [5.41, 5.74) is -3.28. The molecule has 0 bridgehead atoms. The first-order valence-electron chi connectivity index (χ1n) is 15.2. The average Bonchev–Trinajstić information content (AvgIpc) is 3.06. The number of ketones is 2. The van der Waals surface area contributed by atoms with Crippen molar-refractivity contribution in [2.45, 2.75) is 68.6 Å². The lowest BCUT2D eigenvalue weighted by atomic mass is 9.73. The molecule has 6 atom stereocenters. The lowest BCUT2D eigenvalue weighted by Gasteiger charge is -2.43. The number of halogens is 3. The van der Waals surface area contributed by atoms with Gasteiger partial charge in [-0.05, 0) is 19.1 Å². The van der Waals surface area contributed by atoms with E-state index < -0.39 is 114 Å². The maximum atomic E-state index is 13.6. The molecule has 1 aliphatic heterocycles. The molecular weight excluding hydrogens is 655 g/mol. The summed E-state index contributed by atoms with van der Waals surface area (Å²) in [6.07, 6.45) is -12.2. The number of nitrogens with one attached hydrogen (secondary N) is 1. The van der Waals surface area contributed by atoms with Gasteiger partial charge in [-0.25, -0.2) is 4.79 Å². The number of phenolic OH excluding ortho intramolecular Hbond substituents is 2. The lowest BCUT2D eigenvalue weighted by molar-refractivity contribution is -0.249. The molecule has 6 rings (SSSR count). The van der Waals surface area contributed by atoms with Crippen molar-refractivity contribution < 1.29 is 67.0 Å². The number of hydrogen-bond acceptors (Lipinski definition) is 11. The van der Waals surface area contributed by atoms with Gasteiger partial charge in [0.15, 0.2) is 17.9 Å². The van der Waals surface area contributed by atoms with Crippen molar-refractivity contribution in [1.82, 2.24) is 5.32 Å².